The van der Waals surface area contributed by atoms with Gasteiger partial charge in [0.15, 0.2) is 5.17 Å². The molecule has 1 heterocycles. The maximum atomic E-state index is 12.4. The smallest absolute Gasteiger partial charge is 0.266 e. The molecule has 2 rings (SSSR count). The summed E-state index contributed by atoms with van der Waals surface area (Å²) in [6.07, 6.45) is 1.72. The highest BCUT2D eigenvalue weighted by Gasteiger charge is 2.32. The summed E-state index contributed by atoms with van der Waals surface area (Å²) in [7, 11) is 0. The van der Waals surface area contributed by atoms with E-state index in [2.05, 4.69) is 43.5 Å². The molecule has 0 aliphatic carbocycles. The first kappa shape index (κ1) is 16.8. The lowest BCUT2D eigenvalue weighted by Gasteiger charge is -2.11. The average molecular weight is 481 g/mol. The van der Waals surface area contributed by atoms with E-state index in [-0.39, 0.29) is 11.7 Å². The van der Waals surface area contributed by atoms with Gasteiger partial charge in [-0.25, -0.2) is 0 Å². The van der Waals surface area contributed by atoms with Crippen LogP contribution in [0, 0.1) is 3.57 Å². The van der Waals surface area contributed by atoms with Crippen LogP contribution in [-0.2, 0) is 4.79 Å². The molecule has 7 heteroatoms. The quantitative estimate of drug-likeness (QED) is 0.524. The molecule has 0 spiro atoms. The molecule has 21 heavy (non-hydrogen) atoms. The number of carbonyl (C=O) groups excluding carboxylic acids is 1. The fourth-order valence-electron chi connectivity index (χ4n) is 1.88. The Labute approximate surface area is 150 Å². The number of halogens is 2. The lowest BCUT2D eigenvalue weighted by Crippen LogP contribution is -2.28. The number of aromatic hydroxyl groups is 1. The summed E-state index contributed by atoms with van der Waals surface area (Å²) in [5, 5.41) is 10.8. The van der Waals surface area contributed by atoms with Crippen molar-refractivity contribution in [2.24, 2.45) is 4.99 Å². The molecule has 1 aliphatic rings. The van der Waals surface area contributed by atoms with E-state index in [1.54, 1.807) is 17.0 Å². The van der Waals surface area contributed by atoms with Gasteiger partial charge in [-0.1, -0.05) is 15.9 Å². The molecule has 1 aliphatic heterocycles. The number of carbonyl (C=O) groups is 1. The van der Waals surface area contributed by atoms with Gasteiger partial charge in [0.05, 0.1) is 8.48 Å². The number of phenolic OH excluding ortho intramolecular Hbond substituents is 1. The predicted molar refractivity (Wildman–Crippen MR) is 99.5 cm³/mol. The Bertz CT molecular complexity index is 646. The van der Waals surface area contributed by atoms with Crippen LogP contribution in [0.25, 0.3) is 6.08 Å². The Balaban J connectivity index is 2.43. The van der Waals surface area contributed by atoms with Crippen molar-refractivity contribution in [3.8, 4) is 5.75 Å². The zero-order chi connectivity index (χ0) is 15.6. The minimum Gasteiger partial charge on any atom is -0.506 e. The summed E-state index contributed by atoms with van der Waals surface area (Å²) in [4.78, 5) is 18.9. The molecule has 1 saturated heterocycles. The molecule has 112 valence electrons. The molecule has 1 aromatic rings. The van der Waals surface area contributed by atoms with Crippen molar-refractivity contribution >= 4 is 67.4 Å². The Morgan fingerprint density at radius 3 is 2.81 bits per heavy atom. The summed E-state index contributed by atoms with van der Waals surface area (Å²) in [5.41, 5.74) is 0.624. The van der Waals surface area contributed by atoms with E-state index in [9.17, 15) is 9.90 Å². The second-order valence-electron chi connectivity index (χ2n) is 4.24. The first-order valence-corrected chi connectivity index (χ1v) is 9.10. The fourth-order valence-corrected chi connectivity index (χ4v) is 4.52. The highest BCUT2D eigenvalue weighted by Crippen LogP contribution is 2.36. The molecule has 0 unspecified atom stereocenters. The van der Waals surface area contributed by atoms with Crippen molar-refractivity contribution in [2.45, 2.75) is 13.8 Å². The van der Waals surface area contributed by atoms with Crippen molar-refractivity contribution in [1.29, 1.82) is 0 Å². The van der Waals surface area contributed by atoms with Gasteiger partial charge in [-0.3, -0.25) is 14.7 Å². The van der Waals surface area contributed by atoms with Crippen molar-refractivity contribution in [1.82, 2.24) is 4.90 Å². The van der Waals surface area contributed by atoms with Gasteiger partial charge in [-0.2, -0.15) is 0 Å². The van der Waals surface area contributed by atoms with Crippen molar-refractivity contribution in [2.75, 3.05) is 13.1 Å². The van der Waals surface area contributed by atoms with Gasteiger partial charge >= 0.3 is 0 Å². The van der Waals surface area contributed by atoms with E-state index in [0.717, 1.165) is 13.2 Å². The summed E-state index contributed by atoms with van der Waals surface area (Å²) in [5.74, 6) is 0.118. The molecular weight excluding hydrogens is 467 g/mol. The Morgan fingerprint density at radius 2 is 2.19 bits per heavy atom. The number of amides is 1. The van der Waals surface area contributed by atoms with Gasteiger partial charge in [0.1, 0.15) is 5.75 Å². The first-order valence-electron chi connectivity index (χ1n) is 6.41. The number of phenols is 1. The number of aliphatic imine (C=N–C) groups is 1. The third-order valence-corrected chi connectivity index (χ3v) is 5.17. The van der Waals surface area contributed by atoms with E-state index in [1.165, 1.54) is 11.8 Å². The lowest BCUT2D eigenvalue weighted by atomic mass is 10.2. The van der Waals surface area contributed by atoms with Crippen molar-refractivity contribution in [3.05, 3.63) is 30.6 Å². The van der Waals surface area contributed by atoms with E-state index < -0.39 is 0 Å². The topological polar surface area (TPSA) is 52.9 Å². The zero-order valence-electron chi connectivity index (χ0n) is 11.6. The summed E-state index contributed by atoms with van der Waals surface area (Å²) in [6, 6.07) is 3.62. The molecule has 1 amide bonds. The maximum absolute atomic E-state index is 12.4. The molecule has 4 nitrogen and oxygen atoms in total. The number of rotatable bonds is 3. The minimum absolute atomic E-state index is 0.0657. The highest BCUT2D eigenvalue weighted by atomic mass is 127. The normalized spacial score (nSPS) is 19.0. The predicted octanol–water partition coefficient (Wildman–Crippen LogP) is 4.07. The van der Waals surface area contributed by atoms with Crippen LogP contribution >= 0.6 is 50.3 Å². The summed E-state index contributed by atoms with van der Waals surface area (Å²) < 4.78 is 1.60. The van der Waals surface area contributed by atoms with Gasteiger partial charge in [-0.15, -0.1) is 0 Å². The largest absolute Gasteiger partial charge is 0.506 e. The van der Waals surface area contributed by atoms with E-state index >= 15 is 0 Å². The number of likely N-dealkylation sites (N-methyl/N-ethyl adjacent to an activating group) is 1. The molecule has 1 N–H and O–H groups in total. The molecule has 1 fully saturated rings. The zero-order valence-corrected chi connectivity index (χ0v) is 16.1. The number of benzene rings is 1. The van der Waals surface area contributed by atoms with Gasteiger partial charge in [0, 0.05) is 23.1 Å². The van der Waals surface area contributed by atoms with Crippen LogP contribution in [0.5, 0.6) is 5.75 Å². The first-order chi connectivity index (χ1) is 9.97. The van der Waals surface area contributed by atoms with E-state index in [1.807, 2.05) is 19.9 Å². The van der Waals surface area contributed by atoms with Crippen LogP contribution in [0.4, 0.5) is 0 Å². The Kier molecular flexibility index (Phi) is 5.73. The van der Waals surface area contributed by atoms with E-state index in [4.69, 9.17) is 0 Å². The van der Waals surface area contributed by atoms with Crippen LogP contribution in [0.1, 0.15) is 19.4 Å². The molecular formula is C14H14BrIN2O2S. The van der Waals surface area contributed by atoms with Gasteiger partial charge < -0.3 is 5.11 Å². The van der Waals surface area contributed by atoms with Crippen LogP contribution in [0.3, 0.4) is 0 Å². The van der Waals surface area contributed by atoms with Crippen LogP contribution < -0.4 is 0 Å². The Morgan fingerprint density at radius 1 is 1.48 bits per heavy atom. The standard InChI is InChI=1S/C14H14BrIN2O2S/c1-3-17-14-18(4-2)13(20)11(21-14)6-8-5-9(15)7-10(16)12(8)19/h5-7,19H,3-4H2,1-2H3/b11-6+,17-14?. The van der Waals surface area contributed by atoms with Crippen LogP contribution in [0.15, 0.2) is 26.5 Å². The van der Waals surface area contributed by atoms with Crippen LogP contribution in [-0.4, -0.2) is 34.2 Å². The van der Waals surface area contributed by atoms with Crippen molar-refractivity contribution in [3.63, 3.8) is 0 Å². The third kappa shape index (κ3) is 3.62. The van der Waals surface area contributed by atoms with Crippen molar-refractivity contribution < 1.29 is 9.90 Å². The van der Waals surface area contributed by atoms with Gasteiger partial charge in [0.2, 0.25) is 0 Å². The number of nitrogens with zero attached hydrogens (tertiary/aromatic N) is 2. The van der Waals surface area contributed by atoms with Crippen LogP contribution in [0.2, 0.25) is 0 Å². The molecule has 1 aromatic carbocycles. The fraction of sp³-hybridized carbons (Fsp3) is 0.286. The lowest BCUT2D eigenvalue weighted by molar-refractivity contribution is -0.122. The average Bonchev–Trinajstić information content (AvgIpc) is 2.72. The molecule has 0 atom stereocenters. The monoisotopic (exact) mass is 480 g/mol. The third-order valence-electron chi connectivity index (χ3n) is 2.84. The van der Waals surface area contributed by atoms with Gasteiger partial charge in [-0.05, 0) is 66.4 Å². The second kappa shape index (κ2) is 7.15. The maximum Gasteiger partial charge on any atom is 0.266 e. The number of hydrogen-bond donors (Lipinski definition) is 1. The number of amidine groups is 1. The summed E-state index contributed by atoms with van der Waals surface area (Å²) in [6.45, 7) is 5.09. The SMILES string of the molecule is CCN=C1S/C(=C/c2cc(Br)cc(I)c2O)C(=O)N1CC. The molecule has 0 aromatic heterocycles. The second-order valence-corrected chi connectivity index (χ2v) is 7.33. The number of hydrogen-bond acceptors (Lipinski definition) is 4. The molecule has 0 saturated carbocycles. The molecule has 0 bridgehead atoms. The van der Waals surface area contributed by atoms with Gasteiger partial charge in [0.25, 0.3) is 5.91 Å². The molecule has 0 radical (unpaired) electrons. The highest BCUT2D eigenvalue weighted by molar-refractivity contribution is 14.1. The summed E-state index contributed by atoms with van der Waals surface area (Å²) >= 11 is 6.81. The van der Waals surface area contributed by atoms with E-state index in [0.29, 0.717) is 23.6 Å². The Hall–Kier alpha value is -0.540. The minimum atomic E-state index is -0.0657. The number of thioether (sulfide) groups is 1.